The summed E-state index contributed by atoms with van der Waals surface area (Å²) in [5.41, 5.74) is 16.0. The van der Waals surface area contributed by atoms with E-state index in [-0.39, 0.29) is 31.4 Å². The quantitative estimate of drug-likeness (QED) is 0.0660. The van der Waals surface area contributed by atoms with E-state index in [0.717, 1.165) is 32.9 Å². The molecule has 0 radical (unpaired) electrons. The lowest BCUT2D eigenvalue weighted by molar-refractivity contribution is -0.142. The first-order chi connectivity index (χ1) is 24.1. The third-order valence-corrected chi connectivity index (χ3v) is 8.75. The lowest BCUT2D eigenvalue weighted by atomic mass is 10.0. The zero-order valence-corrected chi connectivity index (χ0v) is 27.5. The third kappa shape index (κ3) is 9.07. The van der Waals surface area contributed by atoms with Gasteiger partial charge in [-0.3, -0.25) is 14.4 Å². The van der Waals surface area contributed by atoms with E-state index in [9.17, 15) is 29.4 Å². The first-order valence-corrected chi connectivity index (χ1v) is 16.6. The zero-order chi connectivity index (χ0) is 35.6. The van der Waals surface area contributed by atoms with Gasteiger partial charge >= 0.3 is 5.97 Å². The van der Waals surface area contributed by atoms with Crippen LogP contribution in [0.2, 0.25) is 0 Å². The van der Waals surface area contributed by atoms with E-state index in [1.165, 1.54) is 12.1 Å². The smallest absolute Gasteiger partial charge is 0.326 e. The maximum atomic E-state index is 13.9. The molecule has 0 saturated carbocycles. The number of carboxylic acid groups (broad SMARTS) is 1. The van der Waals surface area contributed by atoms with Crippen LogP contribution in [0.15, 0.2) is 85.2 Å². The van der Waals surface area contributed by atoms with Crippen molar-refractivity contribution in [2.75, 3.05) is 6.54 Å². The molecule has 50 heavy (non-hydrogen) atoms. The first-order valence-electron chi connectivity index (χ1n) is 16.6. The van der Waals surface area contributed by atoms with Gasteiger partial charge in [-0.05, 0) is 73.2 Å². The Bertz CT molecular complexity index is 1940. The predicted octanol–water partition coefficient (Wildman–Crippen LogP) is 2.38. The largest absolute Gasteiger partial charge is 0.508 e. The van der Waals surface area contributed by atoms with Crippen LogP contribution in [0.4, 0.5) is 0 Å². The molecule has 4 atom stereocenters. The molecule has 13 heteroatoms. The number of nitrogens with one attached hydrogen (secondary N) is 5. The van der Waals surface area contributed by atoms with Gasteiger partial charge < -0.3 is 47.6 Å². The van der Waals surface area contributed by atoms with Gasteiger partial charge in [0.2, 0.25) is 17.7 Å². The molecule has 0 bridgehead atoms. The summed E-state index contributed by atoms with van der Waals surface area (Å²) < 4.78 is 0. The molecule has 3 amide bonds. The van der Waals surface area contributed by atoms with Crippen molar-refractivity contribution in [2.45, 2.75) is 62.7 Å². The van der Waals surface area contributed by atoms with Crippen molar-refractivity contribution in [3.8, 4) is 5.75 Å². The number of aromatic nitrogens is 2. The van der Waals surface area contributed by atoms with Gasteiger partial charge in [0.25, 0.3) is 0 Å². The molecule has 5 rings (SSSR count). The van der Waals surface area contributed by atoms with Crippen molar-refractivity contribution >= 4 is 45.5 Å². The number of hydrogen-bond donors (Lipinski definition) is 9. The minimum absolute atomic E-state index is 0.0163. The number of amides is 3. The van der Waals surface area contributed by atoms with Crippen LogP contribution in [0.1, 0.15) is 36.0 Å². The Balaban J connectivity index is 1.32. The van der Waals surface area contributed by atoms with Gasteiger partial charge in [0.15, 0.2) is 0 Å². The van der Waals surface area contributed by atoms with Crippen molar-refractivity contribution in [1.82, 2.24) is 25.9 Å². The van der Waals surface area contributed by atoms with Gasteiger partial charge in [-0.25, -0.2) is 4.79 Å². The van der Waals surface area contributed by atoms with E-state index in [0.29, 0.717) is 24.9 Å². The van der Waals surface area contributed by atoms with Gasteiger partial charge in [0.05, 0.1) is 6.04 Å². The summed E-state index contributed by atoms with van der Waals surface area (Å²) in [5.74, 6) is -3.08. The van der Waals surface area contributed by atoms with Gasteiger partial charge in [-0.15, -0.1) is 0 Å². The van der Waals surface area contributed by atoms with Gasteiger partial charge in [0.1, 0.15) is 23.9 Å². The normalized spacial score (nSPS) is 13.7. The van der Waals surface area contributed by atoms with E-state index < -0.39 is 47.9 Å². The average molecular weight is 682 g/mol. The summed E-state index contributed by atoms with van der Waals surface area (Å²) in [7, 11) is 0. The molecule has 0 aliphatic rings. The number of unbranched alkanes of at least 4 members (excludes halogenated alkanes) is 1. The first kappa shape index (κ1) is 35.6. The van der Waals surface area contributed by atoms with Crippen LogP contribution in [0, 0.1) is 0 Å². The van der Waals surface area contributed by atoms with Crippen LogP contribution in [-0.2, 0) is 38.4 Å². The van der Waals surface area contributed by atoms with Crippen molar-refractivity contribution in [2.24, 2.45) is 11.5 Å². The van der Waals surface area contributed by atoms with Crippen LogP contribution in [0.3, 0.4) is 0 Å². The van der Waals surface area contributed by atoms with Gasteiger partial charge in [-0.1, -0.05) is 48.5 Å². The van der Waals surface area contributed by atoms with E-state index in [2.05, 4.69) is 25.9 Å². The number of aromatic amines is 2. The standard InChI is InChI=1S/C37H43N7O6/c38-16-6-5-11-31(35(47)44-33(37(49)50)19-24-21-41-30-10-4-2-8-27(24)30)42-36(48)32(17-22-12-14-25(45)15-13-22)43-34(46)28(39)18-23-20-40-29-9-3-1-7-26(23)29/h1-4,7-10,12-15,20-21,28,31-33,40-41,45H,5-6,11,16-19,38-39H2,(H,42,48)(H,43,46)(H,44,47)(H,49,50). The maximum absolute atomic E-state index is 13.9. The summed E-state index contributed by atoms with van der Waals surface area (Å²) >= 11 is 0. The monoisotopic (exact) mass is 681 g/mol. The molecule has 0 saturated heterocycles. The molecular weight excluding hydrogens is 638 g/mol. The summed E-state index contributed by atoms with van der Waals surface area (Å²) in [6.07, 6.45) is 5.02. The number of phenols is 1. The summed E-state index contributed by atoms with van der Waals surface area (Å²) in [6, 6.07) is 16.8. The number of hydrogen-bond acceptors (Lipinski definition) is 7. The number of fused-ring (bicyclic) bond motifs is 2. The molecule has 0 aliphatic carbocycles. The molecule has 0 spiro atoms. The molecule has 3 aromatic carbocycles. The molecule has 0 fully saturated rings. The second kappa shape index (κ2) is 16.6. The Morgan fingerprint density at radius 1 is 0.660 bits per heavy atom. The van der Waals surface area contributed by atoms with Crippen LogP contribution >= 0.6 is 0 Å². The number of rotatable bonds is 17. The van der Waals surface area contributed by atoms with E-state index in [1.807, 2.05) is 48.5 Å². The van der Waals surface area contributed by atoms with E-state index in [4.69, 9.17) is 11.5 Å². The molecule has 5 aromatic rings. The highest BCUT2D eigenvalue weighted by Gasteiger charge is 2.31. The van der Waals surface area contributed by atoms with Gasteiger partial charge in [-0.2, -0.15) is 0 Å². The topological polar surface area (TPSA) is 228 Å². The minimum Gasteiger partial charge on any atom is -0.508 e. The summed E-state index contributed by atoms with van der Waals surface area (Å²) in [4.78, 5) is 59.5. The van der Waals surface area contributed by atoms with Crippen LogP contribution in [0.5, 0.6) is 5.75 Å². The molecule has 0 aliphatic heterocycles. The second-order valence-corrected chi connectivity index (χ2v) is 12.4. The zero-order valence-electron chi connectivity index (χ0n) is 27.5. The summed E-state index contributed by atoms with van der Waals surface area (Å²) in [5, 5.41) is 29.7. The molecule has 262 valence electrons. The van der Waals surface area contributed by atoms with Crippen molar-refractivity contribution < 1.29 is 29.4 Å². The van der Waals surface area contributed by atoms with Crippen LogP contribution in [-0.4, -0.2) is 74.6 Å². The Morgan fingerprint density at radius 3 is 1.80 bits per heavy atom. The second-order valence-electron chi connectivity index (χ2n) is 12.4. The van der Waals surface area contributed by atoms with Crippen LogP contribution < -0.4 is 27.4 Å². The highest BCUT2D eigenvalue weighted by Crippen LogP contribution is 2.21. The number of carbonyl (C=O) groups is 4. The highest BCUT2D eigenvalue weighted by molar-refractivity contribution is 5.95. The fourth-order valence-corrected chi connectivity index (χ4v) is 6.01. The lowest BCUT2D eigenvalue weighted by Gasteiger charge is -2.25. The van der Waals surface area contributed by atoms with Crippen molar-refractivity contribution in [3.63, 3.8) is 0 Å². The minimum atomic E-state index is -1.27. The highest BCUT2D eigenvalue weighted by atomic mass is 16.4. The number of para-hydroxylation sites is 2. The fourth-order valence-electron chi connectivity index (χ4n) is 6.01. The number of carboxylic acids is 1. The molecule has 11 N–H and O–H groups in total. The molecule has 4 unspecified atom stereocenters. The van der Waals surface area contributed by atoms with Crippen LogP contribution in [0.25, 0.3) is 21.8 Å². The predicted molar refractivity (Wildman–Crippen MR) is 190 cm³/mol. The number of benzene rings is 3. The third-order valence-electron chi connectivity index (χ3n) is 8.75. The summed E-state index contributed by atoms with van der Waals surface area (Å²) in [6.45, 7) is 0.369. The van der Waals surface area contributed by atoms with Crippen molar-refractivity contribution in [3.05, 3.63) is 102 Å². The molecule has 2 heterocycles. The average Bonchev–Trinajstić information content (AvgIpc) is 3.72. The Kier molecular flexibility index (Phi) is 11.9. The number of phenolic OH excluding ortho intramolecular Hbond substituents is 1. The number of H-pyrrole nitrogens is 2. The van der Waals surface area contributed by atoms with E-state index >= 15 is 0 Å². The lowest BCUT2D eigenvalue weighted by Crippen LogP contribution is -2.58. The number of aromatic hydroxyl groups is 1. The number of aliphatic carboxylic acids is 1. The van der Waals surface area contributed by atoms with Crippen molar-refractivity contribution in [1.29, 1.82) is 0 Å². The maximum Gasteiger partial charge on any atom is 0.326 e. The molecule has 13 nitrogen and oxygen atoms in total. The molecular formula is C37H43N7O6. The Hall–Kier alpha value is -5.66. The number of carbonyl (C=O) groups excluding carboxylic acids is 3. The SMILES string of the molecule is NCCCCC(NC(=O)C(Cc1ccc(O)cc1)NC(=O)C(N)Cc1c[nH]c2ccccc12)C(=O)NC(Cc1c[nH]c2ccccc12)C(=O)O. The van der Waals surface area contributed by atoms with Gasteiger partial charge in [0, 0.05) is 47.0 Å². The number of nitrogens with two attached hydrogens (primary N) is 2. The molecule has 2 aromatic heterocycles. The van der Waals surface area contributed by atoms with E-state index in [1.54, 1.807) is 24.5 Å². The Labute approximate surface area is 288 Å². The fraction of sp³-hybridized carbons (Fsp3) is 0.297. The Morgan fingerprint density at radius 2 is 1.20 bits per heavy atom.